The van der Waals surface area contributed by atoms with Gasteiger partial charge in [-0.1, -0.05) is 0 Å². The molecule has 18 heavy (non-hydrogen) atoms. The van der Waals surface area contributed by atoms with Gasteiger partial charge in [-0.2, -0.15) is 0 Å². The molecule has 1 rings (SSSR count). The normalized spacial score (nSPS) is 15.8. The fraction of sp³-hybridized carbons (Fsp3) is 0.500. The molecule has 0 saturated carbocycles. The Kier molecular flexibility index (Phi) is 4.76. The molecule has 1 amide bonds. The molecule has 0 radical (unpaired) electrons. The van der Waals surface area contributed by atoms with E-state index in [1.807, 2.05) is 0 Å². The number of carbonyl (C=O) groups is 2. The number of hydrogen-bond acceptors (Lipinski definition) is 6. The van der Waals surface area contributed by atoms with Gasteiger partial charge in [-0.15, -0.1) is 11.3 Å². The molecular weight excluding hydrogens is 258 g/mol. The molecule has 0 aliphatic rings. The van der Waals surface area contributed by atoms with E-state index in [0.717, 1.165) is 0 Å². The summed E-state index contributed by atoms with van der Waals surface area (Å²) in [6.07, 6.45) is -1.20. The summed E-state index contributed by atoms with van der Waals surface area (Å²) < 4.78 is 0. The number of carbonyl (C=O) groups excluding carboxylic acids is 1. The van der Waals surface area contributed by atoms with Crippen molar-refractivity contribution in [3.8, 4) is 0 Å². The summed E-state index contributed by atoms with van der Waals surface area (Å²) in [5.74, 6) is -1.95. The van der Waals surface area contributed by atoms with Crippen molar-refractivity contribution < 1.29 is 19.8 Å². The zero-order valence-corrected chi connectivity index (χ0v) is 10.8. The van der Waals surface area contributed by atoms with Crippen LogP contribution >= 0.6 is 11.3 Å². The molecule has 0 spiro atoms. The van der Waals surface area contributed by atoms with Crippen LogP contribution in [0, 0.1) is 0 Å². The maximum Gasteiger partial charge on any atom is 0.328 e. The molecule has 5 N–H and O–H groups in total. The van der Waals surface area contributed by atoms with Crippen LogP contribution in [0.15, 0.2) is 5.38 Å². The number of thiazole rings is 1. The van der Waals surface area contributed by atoms with E-state index in [-0.39, 0.29) is 11.7 Å². The van der Waals surface area contributed by atoms with Gasteiger partial charge in [0.15, 0.2) is 6.04 Å². The van der Waals surface area contributed by atoms with Gasteiger partial charge in [-0.05, 0) is 13.8 Å². The van der Waals surface area contributed by atoms with E-state index in [0.29, 0.717) is 5.01 Å². The summed E-state index contributed by atoms with van der Waals surface area (Å²) in [7, 11) is 0. The van der Waals surface area contributed by atoms with Crippen LogP contribution in [-0.4, -0.2) is 39.2 Å². The highest BCUT2D eigenvalue weighted by atomic mass is 32.1. The first-order valence-corrected chi connectivity index (χ1v) is 6.13. The topological polar surface area (TPSA) is 126 Å². The number of aliphatic hydroxyl groups excluding tert-OH is 1. The van der Waals surface area contributed by atoms with Gasteiger partial charge in [0.2, 0.25) is 0 Å². The second-order valence-electron chi connectivity index (χ2n) is 3.89. The predicted molar refractivity (Wildman–Crippen MR) is 65.3 cm³/mol. The Morgan fingerprint density at radius 1 is 1.50 bits per heavy atom. The molecule has 1 heterocycles. The zero-order chi connectivity index (χ0) is 13.9. The number of aliphatic hydroxyl groups is 1. The predicted octanol–water partition coefficient (Wildman–Crippen LogP) is -0.273. The number of nitrogens with one attached hydrogen (secondary N) is 1. The first-order chi connectivity index (χ1) is 8.32. The number of carboxylic acids is 1. The molecule has 1 unspecified atom stereocenters. The van der Waals surface area contributed by atoms with Crippen LogP contribution in [0.4, 0.5) is 0 Å². The van der Waals surface area contributed by atoms with Gasteiger partial charge >= 0.3 is 5.97 Å². The number of aromatic nitrogens is 1. The largest absolute Gasteiger partial charge is 0.480 e. The number of aliphatic carboxylic acids is 1. The molecule has 0 fully saturated rings. The van der Waals surface area contributed by atoms with E-state index in [4.69, 9.17) is 10.8 Å². The van der Waals surface area contributed by atoms with Crippen LogP contribution in [0.1, 0.15) is 35.4 Å². The Balaban J connectivity index is 2.77. The Morgan fingerprint density at radius 3 is 2.50 bits per heavy atom. The molecular formula is C10H15N3O4S. The van der Waals surface area contributed by atoms with E-state index in [2.05, 4.69) is 10.3 Å². The average Bonchev–Trinajstić information content (AvgIpc) is 2.73. The summed E-state index contributed by atoms with van der Waals surface area (Å²) in [5.41, 5.74) is 5.70. The minimum Gasteiger partial charge on any atom is -0.480 e. The van der Waals surface area contributed by atoms with E-state index in [1.54, 1.807) is 6.92 Å². The maximum absolute atomic E-state index is 11.7. The lowest BCUT2D eigenvalue weighted by atomic mass is 10.2. The molecule has 0 bridgehead atoms. The minimum absolute atomic E-state index is 0.0965. The smallest absolute Gasteiger partial charge is 0.328 e. The Hall–Kier alpha value is -1.51. The quantitative estimate of drug-likeness (QED) is 0.585. The molecule has 0 aromatic carbocycles. The highest BCUT2D eigenvalue weighted by Crippen LogP contribution is 2.15. The molecule has 1 aromatic heterocycles. The van der Waals surface area contributed by atoms with Crippen LogP contribution in [0.5, 0.6) is 0 Å². The number of nitrogens with two attached hydrogens (primary N) is 1. The Morgan fingerprint density at radius 2 is 2.11 bits per heavy atom. The zero-order valence-electron chi connectivity index (χ0n) is 9.95. The lowest BCUT2D eigenvalue weighted by Crippen LogP contribution is -2.47. The highest BCUT2D eigenvalue weighted by Gasteiger charge is 2.26. The van der Waals surface area contributed by atoms with E-state index in [1.165, 1.54) is 23.6 Å². The third-order valence-corrected chi connectivity index (χ3v) is 3.22. The van der Waals surface area contributed by atoms with Crippen molar-refractivity contribution in [1.29, 1.82) is 0 Å². The van der Waals surface area contributed by atoms with Gasteiger partial charge in [0.25, 0.3) is 5.91 Å². The van der Waals surface area contributed by atoms with Crippen LogP contribution < -0.4 is 11.1 Å². The van der Waals surface area contributed by atoms with Crippen molar-refractivity contribution >= 4 is 23.2 Å². The van der Waals surface area contributed by atoms with Crippen molar-refractivity contribution in [2.45, 2.75) is 32.0 Å². The molecule has 7 nitrogen and oxygen atoms in total. The molecule has 0 aliphatic heterocycles. The number of rotatable bonds is 5. The first-order valence-electron chi connectivity index (χ1n) is 5.25. The first kappa shape index (κ1) is 14.6. The van der Waals surface area contributed by atoms with Gasteiger partial charge in [-0.25, -0.2) is 9.78 Å². The summed E-state index contributed by atoms with van der Waals surface area (Å²) in [6.45, 7) is 3.02. The van der Waals surface area contributed by atoms with E-state index in [9.17, 15) is 14.7 Å². The number of carboxylic acid groups (broad SMARTS) is 1. The molecule has 1 aromatic rings. The van der Waals surface area contributed by atoms with Crippen LogP contribution in [-0.2, 0) is 4.79 Å². The second-order valence-corrected chi connectivity index (χ2v) is 4.78. The van der Waals surface area contributed by atoms with Crippen LogP contribution in [0.3, 0.4) is 0 Å². The van der Waals surface area contributed by atoms with Crippen molar-refractivity contribution in [3.63, 3.8) is 0 Å². The van der Waals surface area contributed by atoms with Gasteiger partial charge in [0.05, 0.1) is 12.1 Å². The van der Waals surface area contributed by atoms with E-state index >= 15 is 0 Å². The van der Waals surface area contributed by atoms with Crippen molar-refractivity contribution in [1.82, 2.24) is 10.3 Å². The molecule has 3 atom stereocenters. The van der Waals surface area contributed by atoms with Gasteiger partial charge < -0.3 is 21.3 Å². The summed E-state index contributed by atoms with van der Waals surface area (Å²) in [5, 5.41) is 22.3. The van der Waals surface area contributed by atoms with Gasteiger partial charge in [-0.3, -0.25) is 4.79 Å². The fourth-order valence-corrected chi connectivity index (χ4v) is 1.96. The van der Waals surface area contributed by atoms with Crippen molar-refractivity contribution in [2.75, 3.05) is 0 Å². The van der Waals surface area contributed by atoms with Gasteiger partial charge in [0.1, 0.15) is 10.7 Å². The Bertz CT molecular complexity index is 444. The number of nitrogens with zero attached hydrogens (tertiary/aromatic N) is 1. The van der Waals surface area contributed by atoms with Gasteiger partial charge in [0, 0.05) is 5.38 Å². The third-order valence-electron chi connectivity index (χ3n) is 2.18. The highest BCUT2D eigenvalue weighted by molar-refractivity contribution is 7.09. The fourth-order valence-electron chi connectivity index (χ4n) is 1.20. The van der Waals surface area contributed by atoms with Crippen LogP contribution in [0.2, 0.25) is 0 Å². The van der Waals surface area contributed by atoms with Crippen molar-refractivity contribution in [2.24, 2.45) is 5.73 Å². The SMILES string of the molecule is CC(N)c1nc(C(=O)N[C@H](C(=O)O)[C@@H](C)O)cs1. The second kappa shape index (κ2) is 5.89. The summed E-state index contributed by atoms with van der Waals surface area (Å²) in [4.78, 5) is 26.5. The lowest BCUT2D eigenvalue weighted by Gasteiger charge is -2.16. The molecule has 100 valence electrons. The summed E-state index contributed by atoms with van der Waals surface area (Å²) >= 11 is 1.22. The maximum atomic E-state index is 11.7. The third kappa shape index (κ3) is 3.49. The summed E-state index contributed by atoms with van der Waals surface area (Å²) in [6, 6.07) is -1.65. The standard InChI is InChI=1S/C10H15N3O4S/c1-4(11)9-12-6(3-18-9)8(15)13-7(5(2)14)10(16)17/h3-5,7,14H,11H2,1-2H3,(H,13,15)(H,16,17)/t4?,5-,7+/m1/s1. The van der Waals surface area contributed by atoms with Crippen LogP contribution in [0.25, 0.3) is 0 Å². The molecule has 0 saturated heterocycles. The molecule has 0 aliphatic carbocycles. The number of amides is 1. The number of hydrogen-bond donors (Lipinski definition) is 4. The van der Waals surface area contributed by atoms with E-state index < -0.39 is 24.0 Å². The monoisotopic (exact) mass is 273 g/mol. The Labute approximate surface area is 108 Å². The minimum atomic E-state index is -1.36. The molecule has 8 heteroatoms. The lowest BCUT2D eigenvalue weighted by molar-refractivity contribution is -0.141. The average molecular weight is 273 g/mol. The van der Waals surface area contributed by atoms with Crippen molar-refractivity contribution in [3.05, 3.63) is 16.1 Å².